The number of carbonyl (C=O) groups excluding carboxylic acids is 1. The molecule has 0 aliphatic carbocycles. The van der Waals surface area contributed by atoms with Crippen LogP contribution in [0.3, 0.4) is 0 Å². The molecule has 4 nitrogen and oxygen atoms in total. The van der Waals surface area contributed by atoms with Gasteiger partial charge in [-0.2, -0.15) is 11.8 Å². The number of halogens is 1. The van der Waals surface area contributed by atoms with Gasteiger partial charge in [-0.25, -0.2) is 4.79 Å². The lowest BCUT2D eigenvalue weighted by Gasteiger charge is -2.15. The van der Waals surface area contributed by atoms with Crippen LogP contribution in [0, 0.1) is 0 Å². The maximum atomic E-state index is 11.9. The lowest BCUT2D eigenvalue weighted by atomic mass is 10.2. The van der Waals surface area contributed by atoms with Crippen molar-refractivity contribution < 1.29 is 9.53 Å². The molecule has 0 atom stereocenters. The molecule has 0 saturated heterocycles. The standard InChI is InChI=1S/C17H28N2O2S.BrH/c1-4-5-10-18-16-8-6-15(7-9-16)17(20)21-13-11-19(2)12-14-22-3;/h6-9,18H,4-5,10-14H2,1-3H3;1H. The predicted octanol–water partition coefficient (Wildman–Crippen LogP) is 3.93. The fourth-order valence-corrected chi connectivity index (χ4v) is 2.36. The van der Waals surface area contributed by atoms with Crippen molar-refractivity contribution in [2.45, 2.75) is 19.8 Å². The molecule has 23 heavy (non-hydrogen) atoms. The second kappa shape index (κ2) is 13.7. The largest absolute Gasteiger partial charge is 0.461 e. The maximum absolute atomic E-state index is 11.9. The number of rotatable bonds is 11. The number of likely N-dealkylation sites (N-methyl/N-ethyl adjacent to an activating group) is 1. The summed E-state index contributed by atoms with van der Waals surface area (Å²) in [6.45, 7) is 5.34. The van der Waals surface area contributed by atoms with Crippen molar-refractivity contribution in [3.63, 3.8) is 0 Å². The van der Waals surface area contributed by atoms with Gasteiger partial charge in [0.1, 0.15) is 6.61 Å². The van der Waals surface area contributed by atoms with Crippen molar-refractivity contribution in [1.29, 1.82) is 0 Å². The number of anilines is 1. The minimum absolute atomic E-state index is 0. The Morgan fingerprint density at radius 3 is 2.57 bits per heavy atom. The molecule has 0 heterocycles. The summed E-state index contributed by atoms with van der Waals surface area (Å²) in [4.78, 5) is 14.1. The minimum atomic E-state index is -0.252. The van der Waals surface area contributed by atoms with Crippen LogP contribution in [0.5, 0.6) is 0 Å². The Bertz CT molecular complexity index is 429. The van der Waals surface area contributed by atoms with E-state index in [1.54, 1.807) is 0 Å². The first-order valence-electron chi connectivity index (χ1n) is 7.86. The molecule has 0 fully saturated rings. The molecular formula is C17H29BrN2O2S. The average Bonchev–Trinajstić information content (AvgIpc) is 2.53. The molecule has 0 aliphatic rings. The van der Waals surface area contributed by atoms with E-state index in [-0.39, 0.29) is 23.0 Å². The summed E-state index contributed by atoms with van der Waals surface area (Å²) in [6, 6.07) is 7.48. The van der Waals surface area contributed by atoms with Crippen molar-refractivity contribution in [3.8, 4) is 0 Å². The van der Waals surface area contributed by atoms with E-state index >= 15 is 0 Å². The third-order valence-corrected chi connectivity index (χ3v) is 3.95. The number of esters is 1. The molecule has 0 amide bonds. The Labute approximate surface area is 155 Å². The molecule has 1 aromatic carbocycles. The van der Waals surface area contributed by atoms with Gasteiger partial charge in [-0.1, -0.05) is 13.3 Å². The van der Waals surface area contributed by atoms with E-state index in [1.807, 2.05) is 43.1 Å². The van der Waals surface area contributed by atoms with Crippen molar-refractivity contribution in [2.75, 3.05) is 50.6 Å². The van der Waals surface area contributed by atoms with Crippen molar-refractivity contribution in [3.05, 3.63) is 29.8 Å². The van der Waals surface area contributed by atoms with Crippen LogP contribution in [-0.2, 0) is 4.74 Å². The Kier molecular flexibility index (Phi) is 13.3. The van der Waals surface area contributed by atoms with Gasteiger partial charge in [0.15, 0.2) is 0 Å². The Morgan fingerprint density at radius 2 is 1.96 bits per heavy atom. The van der Waals surface area contributed by atoms with Gasteiger partial charge in [0, 0.05) is 31.1 Å². The summed E-state index contributed by atoms with van der Waals surface area (Å²) in [6.07, 6.45) is 4.41. The third kappa shape index (κ3) is 9.89. The topological polar surface area (TPSA) is 41.6 Å². The number of benzene rings is 1. The number of unbranched alkanes of at least 4 members (excludes halogenated alkanes) is 1. The number of nitrogens with zero attached hydrogens (tertiary/aromatic N) is 1. The normalized spacial score (nSPS) is 10.3. The molecular weight excluding hydrogens is 376 g/mol. The van der Waals surface area contributed by atoms with E-state index in [0.29, 0.717) is 12.2 Å². The molecule has 0 saturated carbocycles. The third-order valence-electron chi connectivity index (χ3n) is 3.36. The molecule has 0 aromatic heterocycles. The van der Waals surface area contributed by atoms with Crippen molar-refractivity contribution >= 4 is 40.4 Å². The molecule has 0 unspecified atom stereocenters. The van der Waals surface area contributed by atoms with Crippen LogP contribution in [0.2, 0.25) is 0 Å². The zero-order chi connectivity index (χ0) is 16.2. The first-order chi connectivity index (χ1) is 10.7. The highest BCUT2D eigenvalue weighted by atomic mass is 79.9. The average molecular weight is 405 g/mol. The van der Waals surface area contributed by atoms with E-state index in [9.17, 15) is 4.79 Å². The maximum Gasteiger partial charge on any atom is 0.338 e. The van der Waals surface area contributed by atoms with Crippen LogP contribution in [0.1, 0.15) is 30.1 Å². The number of thioether (sulfide) groups is 1. The molecule has 1 aromatic rings. The fourth-order valence-electron chi connectivity index (χ4n) is 1.87. The van der Waals surface area contributed by atoms with Gasteiger partial charge in [-0.15, -0.1) is 17.0 Å². The Morgan fingerprint density at radius 1 is 1.26 bits per heavy atom. The zero-order valence-corrected chi connectivity index (χ0v) is 16.9. The highest BCUT2D eigenvalue weighted by Crippen LogP contribution is 2.10. The number of ether oxygens (including phenoxy) is 1. The monoisotopic (exact) mass is 404 g/mol. The van der Waals surface area contributed by atoms with E-state index in [0.717, 1.165) is 37.5 Å². The second-order valence-corrected chi connectivity index (χ2v) is 6.28. The van der Waals surface area contributed by atoms with E-state index < -0.39 is 0 Å². The summed E-state index contributed by atoms with van der Waals surface area (Å²) < 4.78 is 5.31. The highest BCUT2D eigenvalue weighted by Gasteiger charge is 2.07. The van der Waals surface area contributed by atoms with Gasteiger partial charge in [0.05, 0.1) is 5.56 Å². The fraction of sp³-hybridized carbons (Fsp3) is 0.588. The molecule has 1 rings (SSSR count). The first kappa shape index (κ1) is 22.3. The smallest absolute Gasteiger partial charge is 0.338 e. The van der Waals surface area contributed by atoms with Crippen LogP contribution < -0.4 is 5.32 Å². The minimum Gasteiger partial charge on any atom is -0.461 e. The number of carbonyl (C=O) groups is 1. The summed E-state index contributed by atoms with van der Waals surface area (Å²) in [5.41, 5.74) is 1.65. The lowest BCUT2D eigenvalue weighted by molar-refractivity contribution is 0.0475. The summed E-state index contributed by atoms with van der Waals surface area (Å²) >= 11 is 1.82. The van der Waals surface area contributed by atoms with Gasteiger partial charge in [0.25, 0.3) is 0 Å². The Balaban J connectivity index is 0.00000484. The van der Waals surface area contributed by atoms with Crippen molar-refractivity contribution in [2.24, 2.45) is 0 Å². The molecule has 6 heteroatoms. The predicted molar refractivity (Wildman–Crippen MR) is 106 cm³/mol. The lowest BCUT2D eigenvalue weighted by Crippen LogP contribution is -2.26. The number of nitrogens with one attached hydrogen (secondary N) is 1. The van der Waals surface area contributed by atoms with E-state index in [4.69, 9.17) is 4.74 Å². The quantitative estimate of drug-likeness (QED) is 0.446. The highest BCUT2D eigenvalue weighted by molar-refractivity contribution is 8.93. The van der Waals surface area contributed by atoms with Crippen LogP contribution >= 0.6 is 28.7 Å². The summed E-state index contributed by atoms with van der Waals surface area (Å²) in [5.74, 6) is 0.843. The second-order valence-electron chi connectivity index (χ2n) is 5.29. The van der Waals surface area contributed by atoms with Gasteiger partial charge in [-0.05, 0) is 44.0 Å². The van der Waals surface area contributed by atoms with Gasteiger partial charge in [0.2, 0.25) is 0 Å². The zero-order valence-electron chi connectivity index (χ0n) is 14.3. The van der Waals surface area contributed by atoms with Crippen LogP contribution in [0.4, 0.5) is 5.69 Å². The molecule has 0 radical (unpaired) electrons. The van der Waals surface area contributed by atoms with E-state index in [2.05, 4.69) is 23.4 Å². The Hall–Kier alpha value is -0.720. The number of hydrogen-bond donors (Lipinski definition) is 1. The van der Waals surface area contributed by atoms with Crippen LogP contribution in [-0.4, -0.2) is 56.2 Å². The van der Waals surface area contributed by atoms with Crippen LogP contribution in [0.15, 0.2) is 24.3 Å². The molecule has 0 aliphatic heterocycles. The molecule has 132 valence electrons. The first-order valence-corrected chi connectivity index (χ1v) is 9.25. The molecule has 1 N–H and O–H groups in total. The number of hydrogen-bond acceptors (Lipinski definition) is 5. The SMILES string of the molecule is Br.CCCCNc1ccc(C(=O)OCCN(C)CCSC)cc1. The van der Waals surface area contributed by atoms with Gasteiger partial charge < -0.3 is 15.0 Å². The van der Waals surface area contributed by atoms with Gasteiger partial charge in [-0.3, -0.25) is 0 Å². The molecule has 0 bridgehead atoms. The summed E-state index contributed by atoms with van der Waals surface area (Å²) in [5, 5.41) is 3.33. The molecule has 0 spiro atoms. The van der Waals surface area contributed by atoms with Gasteiger partial charge >= 0.3 is 5.97 Å². The van der Waals surface area contributed by atoms with E-state index in [1.165, 1.54) is 6.42 Å². The van der Waals surface area contributed by atoms with Crippen molar-refractivity contribution in [1.82, 2.24) is 4.90 Å². The summed E-state index contributed by atoms with van der Waals surface area (Å²) in [7, 11) is 2.04. The van der Waals surface area contributed by atoms with Crippen LogP contribution in [0.25, 0.3) is 0 Å².